The van der Waals surface area contributed by atoms with Gasteiger partial charge in [0.1, 0.15) is 10.7 Å². The van der Waals surface area contributed by atoms with Crippen LogP contribution in [0.5, 0.6) is 0 Å². The predicted octanol–water partition coefficient (Wildman–Crippen LogP) is 1.54. The molecule has 1 aromatic heterocycles. The lowest BCUT2D eigenvalue weighted by atomic mass is 9.97. The molecule has 6 nitrogen and oxygen atoms in total. The van der Waals surface area contributed by atoms with Crippen LogP contribution in [0.2, 0.25) is 0 Å². The number of anilines is 1. The first-order valence-corrected chi connectivity index (χ1v) is 8.20. The number of nitrogens with zero attached hydrogens (tertiary/aromatic N) is 1. The van der Waals surface area contributed by atoms with Crippen LogP contribution in [0.4, 0.5) is 5.82 Å². The summed E-state index contributed by atoms with van der Waals surface area (Å²) in [6, 6.07) is 3.00. The summed E-state index contributed by atoms with van der Waals surface area (Å²) in [6.07, 6.45) is 8.92. The van der Waals surface area contributed by atoms with Gasteiger partial charge >= 0.3 is 0 Å². The molecule has 20 heavy (non-hydrogen) atoms. The fourth-order valence-corrected chi connectivity index (χ4v) is 3.16. The number of aromatic nitrogens is 1. The summed E-state index contributed by atoms with van der Waals surface area (Å²) in [5.41, 5.74) is 3.70. The standard InChI is InChI=1S/C13H20N4O2S/c14-17-13-7-6-12(10-15-13)20(18,19)16-9-8-11-4-2-1-3-5-11/h4,6-7,10,16H,1-3,5,8-9,14H2,(H,15,17). The van der Waals surface area contributed by atoms with Crippen molar-refractivity contribution in [1.82, 2.24) is 9.71 Å². The third-order valence-corrected chi connectivity index (χ3v) is 4.76. The number of hydrogen-bond acceptors (Lipinski definition) is 5. The molecule has 0 aliphatic heterocycles. The Morgan fingerprint density at radius 1 is 1.30 bits per heavy atom. The maximum atomic E-state index is 12.1. The molecular formula is C13H20N4O2S. The molecule has 1 aliphatic carbocycles. The van der Waals surface area contributed by atoms with Gasteiger partial charge < -0.3 is 5.43 Å². The summed E-state index contributed by atoms with van der Waals surface area (Å²) in [5, 5.41) is 0. The fourth-order valence-electron chi connectivity index (χ4n) is 2.19. The number of nitrogen functional groups attached to an aromatic ring is 1. The van der Waals surface area contributed by atoms with Gasteiger partial charge in [0.05, 0.1) is 0 Å². The molecule has 0 fully saturated rings. The Labute approximate surface area is 119 Å². The third kappa shape index (κ3) is 4.03. The Bertz CT molecular complexity index is 567. The van der Waals surface area contributed by atoms with E-state index in [0.29, 0.717) is 12.4 Å². The second-order valence-corrected chi connectivity index (χ2v) is 6.55. The smallest absolute Gasteiger partial charge is 0.242 e. The van der Waals surface area contributed by atoms with Gasteiger partial charge in [-0.2, -0.15) is 0 Å². The van der Waals surface area contributed by atoms with Crippen LogP contribution in [-0.2, 0) is 10.0 Å². The van der Waals surface area contributed by atoms with Crippen LogP contribution < -0.4 is 16.0 Å². The Hall–Kier alpha value is -1.44. The zero-order chi connectivity index (χ0) is 14.4. The van der Waals surface area contributed by atoms with E-state index >= 15 is 0 Å². The van der Waals surface area contributed by atoms with Gasteiger partial charge in [0, 0.05) is 12.7 Å². The average Bonchev–Trinajstić information content (AvgIpc) is 2.48. The van der Waals surface area contributed by atoms with Crippen LogP contribution in [0.1, 0.15) is 32.1 Å². The molecule has 0 unspecified atom stereocenters. The first-order valence-electron chi connectivity index (χ1n) is 6.72. The van der Waals surface area contributed by atoms with Crippen molar-refractivity contribution < 1.29 is 8.42 Å². The van der Waals surface area contributed by atoms with E-state index in [9.17, 15) is 8.42 Å². The van der Waals surface area contributed by atoms with E-state index in [0.717, 1.165) is 19.3 Å². The Morgan fingerprint density at radius 2 is 2.15 bits per heavy atom. The van der Waals surface area contributed by atoms with Crippen LogP contribution in [0.25, 0.3) is 0 Å². The highest BCUT2D eigenvalue weighted by Gasteiger charge is 2.14. The van der Waals surface area contributed by atoms with Crippen molar-refractivity contribution in [2.45, 2.75) is 37.0 Å². The van der Waals surface area contributed by atoms with Crippen molar-refractivity contribution in [1.29, 1.82) is 0 Å². The van der Waals surface area contributed by atoms with Crippen molar-refractivity contribution in [3.8, 4) is 0 Å². The molecule has 0 amide bonds. The molecule has 110 valence electrons. The molecule has 0 bridgehead atoms. The zero-order valence-electron chi connectivity index (χ0n) is 11.3. The lowest BCUT2D eigenvalue weighted by Crippen LogP contribution is -2.25. The summed E-state index contributed by atoms with van der Waals surface area (Å²) in [7, 11) is -3.49. The maximum absolute atomic E-state index is 12.1. The molecule has 1 heterocycles. The van der Waals surface area contributed by atoms with Gasteiger partial charge in [-0.15, -0.1) is 0 Å². The Morgan fingerprint density at radius 3 is 2.75 bits per heavy atom. The predicted molar refractivity (Wildman–Crippen MR) is 78.4 cm³/mol. The normalized spacial score (nSPS) is 15.8. The van der Waals surface area contributed by atoms with Crippen molar-refractivity contribution in [2.75, 3.05) is 12.0 Å². The monoisotopic (exact) mass is 296 g/mol. The van der Waals surface area contributed by atoms with E-state index in [1.807, 2.05) is 0 Å². The van der Waals surface area contributed by atoms with Crippen LogP contribution in [0, 0.1) is 0 Å². The van der Waals surface area contributed by atoms with Gasteiger partial charge in [-0.25, -0.2) is 24.0 Å². The van der Waals surface area contributed by atoms with E-state index in [2.05, 4.69) is 21.2 Å². The molecule has 0 radical (unpaired) electrons. The highest BCUT2D eigenvalue weighted by Crippen LogP contribution is 2.19. The van der Waals surface area contributed by atoms with Crippen molar-refractivity contribution in [3.05, 3.63) is 30.0 Å². The number of allylic oxidation sites excluding steroid dienone is 1. The fraction of sp³-hybridized carbons (Fsp3) is 0.462. The quantitative estimate of drug-likeness (QED) is 0.420. The van der Waals surface area contributed by atoms with E-state index in [-0.39, 0.29) is 4.90 Å². The van der Waals surface area contributed by atoms with Crippen LogP contribution in [0.15, 0.2) is 34.9 Å². The number of nitrogens with two attached hydrogens (primary N) is 1. The highest BCUT2D eigenvalue weighted by molar-refractivity contribution is 7.89. The molecule has 7 heteroatoms. The summed E-state index contributed by atoms with van der Waals surface area (Å²) in [5.74, 6) is 5.62. The largest absolute Gasteiger partial charge is 0.308 e. The van der Waals surface area contributed by atoms with Gasteiger partial charge in [0.2, 0.25) is 10.0 Å². The molecule has 1 aliphatic rings. The van der Waals surface area contributed by atoms with Crippen LogP contribution in [0.3, 0.4) is 0 Å². The third-order valence-electron chi connectivity index (χ3n) is 3.32. The maximum Gasteiger partial charge on any atom is 0.242 e. The summed E-state index contributed by atoms with van der Waals surface area (Å²) in [6.45, 7) is 0.422. The second-order valence-electron chi connectivity index (χ2n) is 4.78. The van der Waals surface area contributed by atoms with Gasteiger partial charge in [-0.1, -0.05) is 11.6 Å². The molecule has 0 spiro atoms. The molecule has 0 aromatic carbocycles. The minimum absolute atomic E-state index is 0.147. The topological polar surface area (TPSA) is 97.1 Å². The summed E-state index contributed by atoms with van der Waals surface area (Å²) in [4.78, 5) is 4.04. The molecule has 4 N–H and O–H groups in total. The van der Waals surface area contributed by atoms with E-state index < -0.39 is 10.0 Å². The molecule has 0 saturated heterocycles. The SMILES string of the molecule is NNc1ccc(S(=O)(=O)NCCC2=CCCCC2)cn1. The van der Waals surface area contributed by atoms with Gasteiger partial charge in [0.25, 0.3) is 0 Å². The number of hydrazine groups is 1. The zero-order valence-corrected chi connectivity index (χ0v) is 12.1. The minimum Gasteiger partial charge on any atom is -0.308 e. The van der Waals surface area contributed by atoms with E-state index in [1.54, 1.807) is 0 Å². The average molecular weight is 296 g/mol. The lowest BCUT2D eigenvalue weighted by molar-refractivity contribution is 0.579. The number of nitrogens with one attached hydrogen (secondary N) is 2. The number of rotatable bonds is 6. The van der Waals surface area contributed by atoms with Gasteiger partial charge in [-0.05, 0) is 44.2 Å². The van der Waals surface area contributed by atoms with Gasteiger partial charge in [-0.3, -0.25) is 0 Å². The number of sulfonamides is 1. The molecule has 0 atom stereocenters. The van der Waals surface area contributed by atoms with Crippen molar-refractivity contribution in [2.24, 2.45) is 5.84 Å². The highest BCUT2D eigenvalue weighted by atomic mass is 32.2. The Kier molecular flexibility index (Phi) is 5.11. The Balaban J connectivity index is 1.91. The summed E-state index contributed by atoms with van der Waals surface area (Å²) >= 11 is 0. The van der Waals surface area contributed by atoms with E-state index in [4.69, 9.17) is 5.84 Å². The van der Waals surface area contributed by atoms with Crippen LogP contribution >= 0.6 is 0 Å². The lowest BCUT2D eigenvalue weighted by Gasteiger charge is -2.13. The summed E-state index contributed by atoms with van der Waals surface area (Å²) < 4.78 is 26.7. The van der Waals surface area contributed by atoms with Crippen molar-refractivity contribution >= 4 is 15.8 Å². The van der Waals surface area contributed by atoms with Crippen molar-refractivity contribution in [3.63, 3.8) is 0 Å². The van der Waals surface area contributed by atoms with Gasteiger partial charge in [0.15, 0.2) is 0 Å². The van der Waals surface area contributed by atoms with E-state index in [1.165, 1.54) is 36.7 Å². The minimum atomic E-state index is -3.49. The second kappa shape index (κ2) is 6.83. The molecular weight excluding hydrogens is 276 g/mol. The number of hydrogen-bond donors (Lipinski definition) is 3. The first kappa shape index (κ1) is 15.0. The molecule has 0 saturated carbocycles. The number of pyridine rings is 1. The molecule has 1 aromatic rings. The van der Waals surface area contributed by atoms with Crippen LogP contribution in [-0.4, -0.2) is 19.9 Å². The first-order chi connectivity index (χ1) is 9.62. The molecule has 2 rings (SSSR count).